The monoisotopic (exact) mass is 170 g/mol. The standard InChI is InChI=1S/C8H16.C4H10/c1-7(2)6-8(3,4)5;1-3-4-2/h1,6H2,2-5H3;3-4H2,1-2H3. The molecule has 0 rings (SSSR count). The highest BCUT2D eigenvalue weighted by atomic mass is 14.1. The third-order valence-electron chi connectivity index (χ3n) is 1.33. The number of allylic oxidation sites excluding steroid dienone is 1. The third-order valence-corrected chi connectivity index (χ3v) is 1.33. The van der Waals surface area contributed by atoms with Crippen LogP contribution in [0, 0.1) is 5.41 Å². The van der Waals surface area contributed by atoms with Crippen LogP contribution in [0.2, 0.25) is 0 Å². The van der Waals surface area contributed by atoms with Gasteiger partial charge in [0.1, 0.15) is 0 Å². The van der Waals surface area contributed by atoms with Gasteiger partial charge >= 0.3 is 0 Å². The minimum Gasteiger partial charge on any atom is -0.100 e. The molecular weight excluding hydrogens is 144 g/mol. The average molecular weight is 170 g/mol. The first kappa shape index (κ1) is 14.3. The van der Waals surface area contributed by atoms with E-state index in [1.165, 1.54) is 18.4 Å². The van der Waals surface area contributed by atoms with Crippen LogP contribution < -0.4 is 0 Å². The molecule has 0 saturated heterocycles. The summed E-state index contributed by atoms with van der Waals surface area (Å²) >= 11 is 0. The van der Waals surface area contributed by atoms with Crippen LogP contribution in [-0.2, 0) is 0 Å². The summed E-state index contributed by atoms with van der Waals surface area (Å²) in [5, 5.41) is 0. The fourth-order valence-corrected chi connectivity index (χ4v) is 0.905. The molecule has 0 radical (unpaired) electrons. The number of hydrogen-bond acceptors (Lipinski definition) is 0. The van der Waals surface area contributed by atoms with E-state index in [-0.39, 0.29) is 0 Å². The van der Waals surface area contributed by atoms with Crippen LogP contribution in [0.3, 0.4) is 0 Å². The maximum absolute atomic E-state index is 3.84. The van der Waals surface area contributed by atoms with E-state index in [1.807, 2.05) is 0 Å². The molecule has 74 valence electrons. The molecular formula is C12H26. The second-order valence-corrected chi connectivity index (χ2v) is 4.69. The predicted octanol–water partition coefficient (Wildman–Crippen LogP) is 4.81. The fraction of sp³-hybridized carbons (Fsp3) is 0.833. The molecule has 0 atom stereocenters. The Morgan fingerprint density at radius 1 is 1.08 bits per heavy atom. The van der Waals surface area contributed by atoms with Gasteiger partial charge in [-0.25, -0.2) is 0 Å². The van der Waals surface area contributed by atoms with Crippen molar-refractivity contribution in [2.24, 2.45) is 5.41 Å². The molecule has 0 unspecified atom stereocenters. The highest BCUT2D eigenvalue weighted by Crippen LogP contribution is 2.22. The number of unbranched alkanes of at least 4 members (excludes halogenated alkanes) is 1. The normalized spacial score (nSPS) is 10.2. The predicted molar refractivity (Wildman–Crippen MR) is 59.5 cm³/mol. The van der Waals surface area contributed by atoms with E-state index in [0.717, 1.165) is 6.42 Å². The van der Waals surface area contributed by atoms with Gasteiger partial charge in [-0.05, 0) is 18.8 Å². The van der Waals surface area contributed by atoms with Crippen molar-refractivity contribution in [2.45, 2.75) is 60.8 Å². The first-order valence-corrected chi connectivity index (χ1v) is 4.97. The second kappa shape index (κ2) is 7.39. The van der Waals surface area contributed by atoms with Crippen molar-refractivity contribution < 1.29 is 0 Å². The summed E-state index contributed by atoms with van der Waals surface area (Å²) in [5.41, 5.74) is 1.70. The Hall–Kier alpha value is -0.260. The van der Waals surface area contributed by atoms with E-state index in [9.17, 15) is 0 Å². The molecule has 0 saturated carbocycles. The zero-order valence-electron chi connectivity index (χ0n) is 9.83. The molecule has 0 aromatic rings. The molecule has 0 nitrogen and oxygen atoms in total. The van der Waals surface area contributed by atoms with Crippen molar-refractivity contribution in [3.8, 4) is 0 Å². The lowest BCUT2D eigenvalue weighted by Crippen LogP contribution is -2.03. The first-order chi connectivity index (χ1) is 5.33. The summed E-state index contributed by atoms with van der Waals surface area (Å²) in [6, 6.07) is 0. The van der Waals surface area contributed by atoms with Crippen molar-refractivity contribution in [3.05, 3.63) is 12.2 Å². The number of rotatable bonds is 2. The Morgan fingerprint density at radius 2 is 1.42 bits per heavy atom. The van der Waals surface area contributed by atoms with E-state index in [4.69, 9.17) is 0 Å². The highest BCUT2D eigenvalue weighted by Gasteiger charge is 2.08. The molecule has 12 heavy (non-hydrogen) atoms. The van der Waals surface area contributed by atoms with Crippen molar-refractivity contribution >= 4 is 0 Å². The van der Waals surface area contributed by atoms with E-state index >= 15 is 0 Å². The molecule has 0 heterocycles. The minimum atomic E-state index is 0.422. The van der Waals surface area contributed by atoms with Gasteiger partial charge in [-0.15, -0.1) is 6.58 Å². The van der Waals surface area contributed by atoms with Crippen LogP contribution in [0.4, 0.5) is 0 Å². The number of hydrogen-bond donors (Lipinski definition) is 0. The molecule has 0 N–H and O–H groups in total. The second-order valence-electron chi connectivity index (χ2n) is 4.69. The van der Waals surface area contributed by atoms with E-state index < -0.39 is 0 Å². The Labute approximate surface area is 79.1 Å². The largest absolute Gasteiger partial charge is 0.100 e. The van der Waals surface area contributed by atoms with Gasteiger partial charge in [0.25, 0.3) is 0 Å². The van der Waals surface area contributed by atoms with Gasteiger partial charge in [-0.2, -0.15) is 0 Å². The van der Waals surface area contributed by atoms with Crippen LogP contribution in [-0.4, -0.2) is 0 Å². The minimum absolute atomic E-state index is 0.422. The lowest BCUT2D eigenvalue weighted by Gasteiger charge is -2.17. The topological polar surface area (TPSA) is 0 Å². The lowest BCUT2D eigenvalue weighted by atomic mass is 9.89. The molecule has 0 fully saturated rings. The SMILES string of the molecule is C=C(C)CC(C)(C)C.CCCC. The van der Waals surface area contributed by atoms with Gasteiger partial charge in [0.05, 0.1) is 0 Å². The van der Waals surface area contributed by atoms with Crippen LogP contribution in [0.15, 0.2) is 12.2 Å². The molecule has 0 aromatic heterocycles. The lowest BCUT2D eigenvalue weighted by molar-refractivity contribution is 0.410. The van der Waals surface area contributed by atoms with Crippen molar-refractivity contribution in [1.29, 1.82) is 0 Å². The Morgan fingerprint density at radius 3 is 1.42 bits per heavy atom. The summed E-state index contributed by atoms with van der Waals surface area (Å²) in [6.07, 6.45) is 3.77. The van der Waals surface area contributed by atoms with E-state index in [2.05, 4.69) is 48.1 Å². The van der Waals surface area contributed by atoms with E-state index in [0.29, 0.717) is 5.41 Å². The fourth-order valence-electron chi connectivity index (χ4n) is 0.905. The summed E-state index contributed by atoms with van der Waals surface area (Å²) in [7, 11) is 0. The van der Waals surface area contributed by atoms with Crippen LogP contribution in [0.5, 0.6) is 0 Å². The van der Waals surface area contributed by atoms with Gasteiger partial charge in [0, 0.05) is 0 Å². The van der Waals surface area contributed by atoms with Gasteiger partial charge in [-0.3, -0.25) is 0 Å². The Bertz CT molecular complexity index is 102. The summed E-state index contributed by atoms with van der Waals surface area (Å²) in [4.78, 5) is 0. The average Bonchev–Trinajstić information content (AvgIpc) is 1.83. The zero-order valence-corrected chi connectivity index (χ0v) is 9.83. The van der Waals surface area contributed by atoms with E-state index in [1.54, 1.807) is 0 Å². The van der Waals surface area contributed by atoms with Crippen molar-refractivity contribution in [1.82, 2.24) is 0 Å². The quantitative estimate of drug-likeness (QED) is 0.522. The summed E-state index contributed by atoms with van der Waals surface area (Å²) < 4.78 is 0. The molecule has 0 amide bonds. The maximum Gasteiger partial charge on any atom is -0.0277 e. The Balaban J connectivity index is 0. The first-order valence-electron chi connectivity index (χ1n) is 4.97. The van der Waals surface area contributed by atoms with Crippen LogP contribution in [0.1, 0.15) is 60.8 Å². The molecule has 0 aliphatic rings. The van der Waals surface area contributed by atoms with Gasteiger partial charge in [-0.1, -0.05) is 53.0 Å². The van der Waals surface area contributed by atoms with Gasteiger partial charge in [0.15, 0.2) is 0 Å². The van der Waals surface area contributed by atoms with Crippen molar-refractivity contribution in [3.63, 3.8) is 0 Å². The molecule has 0 bridgehead atoms. The zero-order chi connectivity index (χ0) is 10.2. The molecule has 0 heteroatoms. The molecule has 0 aromatic carbocycles. The third kappa shape index (κ3) is 22.6. The summed E-state index contributed by atoms with van der Waals surface area (Å²) in [6.45, 7) is 16.9. The van der Waals surface area contributed by atoms with Gasteiger partial charge in [0.2, 0.25) is 0 Å². The molecule has 0 aliphatic carbocycles. The summed E-state index contributed by atoms with van der Waals surface area (Å²) in [5.74, 6) is 0. The Kier molecular flexibility index (Phi) is 8.79. The van der Waals surface area contributed by atoms with Crippen LogP contribution >= 0.6 is 0 Å². The highest BCUT2D eigenvalue weighted by molar-refractivity contribution is 4.91. The molecule has 0 aliphatic heterocycles. The maximum atomic E-state index is 3.84. The van der Waals surface area contributed by atoms with Crippen molar-refractivity contribution in [2.75, 3.05) is 0 Å². The molecule has 0 spiro atoms. The van der Waals surface area contributed by atoms with Crippen LogP contribution in [0.25, 0.3) is 0 Å². The smallest absolute Gasteiger partial charge is 0.0277 e. The van der Waals surface area contributed by atoms with Gasteiger partial charge < -0.3 is 0 Å².